The third kappa shape index (κ3) is 3.40. The highest BCUT2D eigenvalue weighted by molar-refractivity contribution is 5.69. The highest BCUT2D eigenvalue weighted by atomic mass is 16.3. The first-order chi connectivity index (χ1) is 13.8. The molecule has 2 heterocycles. The Bertz CT molecular complexity index is 954. The molecule has 2 aromatic carbocycles. The molecular weight excluding hydrogens is 346 g/mol. The topological polar surface area (TPSA) is 51.3 Å². The zero-order chi connectivity index (χ0) is 18.9. The molecule has 1 unspecified atom stereocenters. The molecule has 3 aromatic rings. The second kappa shape index (κ2) is 7.36. The molecule has 0 amide bonds. The van der Waals surface area contributed by atoms with Crippen molar-refractivity contribution in [3.8, 4) is 11.3 Å². The Morgan fingerprint density at radius 2 is 1.79 bits per heavy atom. The van der Waals surface area contributed by atoms with E-state index in [2.05, 4.69) is 69.8 Å². The molecule has 0 spiro atoms. The van der Waals surface area contributed by atoms with Gasteiger partial charge < -0.3 is 20.3 Å². The van der Waals surface area contributed by atoms with Crippen LogP contribution in [0.1, 0.15) is 30.4 Å². The molecule has 1 aliphatic carbocycles. The second-order valence-electron chi connectivity index (χ2n) is 7.99. The summed E-state index contributed by atoms with van der Waals surface area (Å²) in [6.07, 6.45) is 4.90. The highest BCUT2D eigenvalue weighted by Crippen LogP contribution is 2.31. The maximum Gasteiger partial charge on any atom is 0.108 e. The van der Waals surface area contributed by atoms with Crippen molar-refractivity contribution in [3.63, 3.8) is 0 Å². The van der Waals surface area contributed by atoms with Crippen molar-refractivity contribution in [2.75, 3.05) is 23.3 Å². The molecule has 1 saturated heterocycles. The third-order valence-electron chi connectivity index (χ3n) is 6.06. The van der Waals surface area contributed by atoms with Gasteiger partial charge in [0.1, 0.15) is 5.82 Å². The zero-order valence-corrected chi connectivity index (χ0v) is 16.1. The number of H-pyrrole nitrogens is 1. The van der Waals surface area contributed by atoms with E-state index in [9.17, 15) is 5.11 Å². The number of nitrogens with one attached hydrogen (secondary N) is 2. The summed E-state index contributed by atoms with van der Waals surface area (Å²) in [6.45, 7) is 2.35. The van der Waals surface area contributed by atoms with Crippen LogP contribution in [0.25, 0.3) is 11.3 Å². The molecule has 1 atom stereocenters. The summed E-state index contributed by atoms with van der Waals surface area (Å²) >= 11 is 0. The largest absolute Gasteiger partial charge is 0.393 e. The number of hydrogen-bond donors (Lipinski definition) is 3. The lowest BCUT2D eigenvalue weighted by atomic mass is 9.88. The summed E-state index contributed by atoms with van der Waals surface area (Å²) < 4.78 is 0. The summed E-state index contributed by atoms with van der Waals surface area (Å²) in [4.78, 5) is 5.95. The summed E-state index contributed by atoms with van der Waals surface area (Å²) in [5.41, 5.74) is 7.31. The number of aromatic amines is 1. The minimum atomic E-state index is -0.233. The van der Waals surface area contributed by atoms with Crippen LogP contribution in [-0.4, -0.2) is 29.3 Å². The van der Waals surface area contributed by atoms with E-state index in [1.165, 1.54) is 48.3 Å². The van der Waals surface area contributed by atoms with Gasteiger partial charge in [-0.2, -0.15) is 0 Å². The monoisotopic (exact) mass is 373 g/mol. The summed E-state index contributed by atoms with van der Waals surface area (Å²) in [6, 6.07) is 19.4. The minimum absolute atomic E-state index is 0.233. The maximum atomic E-state index is 10.1. The average Bonchev–Trinajstić information content (AvgIpc) is 3.41. The minimum Gasteiger partial charge on any atom is -0.393 e. The lowest BCUT2D eigenvalue weighted by Gasteiger charge is -2.23. The number of rotatable bonds is 4. The Balaban J connectivity index is 1.34. The molecule has 1 aliphatic heterocycles. The molecule has 5 rings (SSSR count). The molecule has 3 N–H and O–H groups in total. The van der Waals surface area contributed by atoms with Gasteiger partial charge in [-0.3, -0.25) is 0 Å². The smallest absolute Gasteiger partial charge is 0.108 e. The molecule has 144 valence electrons. The average molecular weight is 374 g/mol. The van der Waals surface area contributed by atoms with Gasteiger partial charge in [-0.05, 0) is 72.7 Å². The number of anilines is 3. The van der Waals surface area contributed by atoms with Gasteiger partial charge in [0.05, 0.1) is 6.10 Å². The Kier molecular flexibility index (Phi) is 4.57. The van der Waals surface area contributed by atoms with E-state index in [0.717, 1.165) is 36.5 Å². The van der Waals surface area contributed by atoms with Crippen molar-refractivity contribution in [2.45, 2.75) is 38.2 Å². The number of benzene rings is 2. The number of aryl methyl sites for hydroxylation is 1. The van der Waals surface area contributed by atoms with Gasteiger partial charge in [-0.25, -0.2) is 0 Å². The van der Waals surface area contributed by atoms with Crippen LogP contribution in [0, 0.1) is 0 Å². The van der Waals surface area contributed by atoms with E-state index in [1.807, 2.05) is 0 Å². The van der Waals surface area contributed by atoms with Crippen LogP contribution in [-0.2, 0) is 12.8 Å². The molecule has 0 bridgehead atoms. The molecule has 0 saturated carbocycles. The molecule has 4 heteroatoms. The van der Waals surface area contributed by atoms with E-state index in [0.29, 0.717) is 0 Å². The van der Waals surface area contributed by atoms with Crippen LogP contribution in [0.4, 0.5) is 17.2 Å². The SMILES string of the molecule is OC1CCc2cccc(Nc3ccc(-c4ccc(N5CCCC5)cc4)[nH]3)c2C1. The van der Waals surface area contributed by atoms with Crippen molar-refractivity contribution < 1.29 is 5.11 Å². The first-order valence-corrected chi connectivity index (χ1v) is 10.4. The van der Waals surface area contributed by atoms with Gasteiger partial charge in [0, 0.05) is 36.6 Å². The summed E-state index contributed by atoms with van der Waals surface area (Å²) in [7, 11) is 0. The molecule has 1 fully saturated rings. The number of nitrogens with zero attached hydrogens (tertiary/aromatic N) is 1. The Morgan fingerprint density at radius 1 is 0.964 bits per heavy atom. The molecule has 1 aromatic heterocycles. The quantitative estimate of drug-likeness (QED) is 0.611. The van der Waals surface area contributed by atoms with Gasteiger partial charge in [0.15, 0.2) is 0 Å². The number of fused-ring (bicyclic) bond motifs is 1. The van der Waals surface area contributed by atoms with Crippen molar-refractivity contribution in [1.82, 2.24) is 4.98 Å². The van der Waals surface area contributed by atoms with Crippen LogP contribution in [0.5, 0.6) is 0 Å². The highest BCUT2D eigenvalue weighted by Gasteiger charge is 2.19. The predicted molar refractivity (Wildman–Crippen MR) is 115 cm³/mol. The van der Waals surface area contributed by atoms with E-state index in [-0.39, 0.29) is 6.10 Å². The third-order valence-corrected chi connectivity index (χ3v) is 6.06. The molecule has 0 radical (unpaired) electrons. The van der Waals surface area contributed by atoms with Gasteiger partial charge in [0.2, 0.25) is 0 Å². The number of aromatic nitrogens is 1. The summed E-state index contributed by atoms with van der Waals surface area (Å²) in [5, 5.41) is 13.6. The van der Waals surface area contributed by atoms with Crippen LogP contribution < -0.4 is 10.2 Å². The van der Waals surface area contributed by atoms with Gasteiger partial charge in [-0.15, -0.1) is 0 Å². The Labute approximate surface area is 166 Å². The van der Waals surface area contributed by atoms with E-state index in [4.69, 9.17) is 0 Å². The molecule has 4 nitrogen and oxygen atoms in total. The predicted octanol–water partition coefficient (Wildman–Crippen LogP) is 4.88. The van der Waals surface area contributed by atoms with Crippen LogP contribution >= 0.6 is 0 Å². The van der Waals surface area contributed by atoms with Crippen molar-refractivity contribution >= 4 is 17.2 Å². The molecule has 2 aliphatic rings. The van der Waals surface area contributed by atoms with Crippen molar-refractivity contribution in [2.24, 2.45) is 0 Å². The molecule has 28 heavy (non-hydrogen) atoms. The molecular formula is C24H27N3O. The van der Waals surface area contributed by atoms with Crippen LogP contribution in [0.15, 0.2) is 54.6 Å². The normalized spacial score (nSPS) is 18.9. The number of aliphatic hydroxyl groups excluding tert-OH is 1. The maximum absolute atomic E-state index is 10.1. The fourth-order valence-electron chi connectivity index (χ4n) is 4.50. The zero-order valence-electron chi connectivity index (χ0n) is 16.1. The van der Waals surface area contributed by atoms with E-state index < -0.39 is 0 Å². The van der Waals surface area contributed by atoms with Gasteiger partial charge in [0.25, 0.3) is 0 Å². The standard InChI is InChI=1S/C24H27N3O/c28-20-11-8-17-4-3-5-23(21(17)16-20)26-24-13-12-22(25-24)18-6-9-19(10-7-18)27-14-1-2-15-27/h3-7,9-10,12-13,20,25-26,28H,1-2,8,11,14-16H2. The van der Waals surface area contributed by atoms with Gasteiger partial charge in [-0.1, -0.05) is 24.3 Å². The lowest BCUT2D eigenvalue weighted by molar-refractivity contribution is 0.159. The van der Waals surface area contributed by atoms with Crippen molar-refractivity contribution in [1.29, 1.82) is 0 Å². The Hall–Kier alpha value is -2.72. The van der Waals surface area contributed by atoms with E-state index >= 15 is 0 Å². The fourth-order valence-corrected chi connectivity index (χ4v) is 4.50. The van der Waals surface area contributed by atoms with Crippen LogP contribution in [0.3, 0.4) is 0 Å². The lowest BCUT2D eigenvalue weighted by Crippen LogP contribution is -2.19. The van der Waals surface area contributed by atoms with Crippen molar-refractivity contribution in [3.05, 3.63) is 65.7 Å². The van der Waals surface area contributed by atoms with Crippen LogP contribution in [0.2, 0.25) is 0 Å². The first kappa shape index (κ1) is 17.4. The number of aliphatic hydroxyl groups is 1. The summed E-state index contributed by atoms with van der Waals surface area (Å²) in [5.74, 6) is 0.979. The number of hydrogen-bond acceptors (Lipinski definition) is 3. The second-order valence-corrected chi connectivity index (χ2v) is 7.99. The van der Waals surface area contributed by atoms with Gasteiger partial charge >= 0.3 is 0 Å². The fraction of sp³-hybridized carbons (Fsp3) is 0.333. The Morgan fingerprint density at radius 3 is 2.61 bits per heavy atom. The first-order valence-electron chi connectivity index (χ1n) is 10.4. The van der Waals surface area contributed by atoms with E-state index in [1.54, 1.807) is 0 Å².